The van der Waals surface area contributed by atoms with Gasteiger partial charge in [-0.15, -0.1) is 0 Å². The number of nitrogens with one attached hydrogen (secondary N) is 2. The van der Waals surface area contributed by atoms with Crippen molar-refractivity contribution in [2.24, 2.45) is 0 Å². The van der Waals surface area contributed by atoms with Gasteiger partial charge in [0.15, 0.2) is 0 Å². The molecule has 2 aliphatic rings. The second-order valence-corrected chi connectivity index (χ2v) is 7.29. The molecule has 1 aliphatic heterocycles. The molecule has 0 saturated carbocycles. The summed E-state index contributed by atoms with van der Waals surface area (Å²) in [5, 5.41) is 4.53. The van der Waals surface area contributed by atoms with Crippen LogP contribution in [0.25, 0.3) is 10.9 Å². The highest BCUT2D eigenvalue weighted by Gasteiger charge is 2.25. The Hall–Kier alpha value is -2.75. The zero-order valence-electron chi connectivity index (χ0n) is 14.7. The maximum absolute atomic E-state index is 12.6. The smallest absolute Gasteiger partial charge is 0.224 e. The lowest BCUT2D eigenvalue weighted by molar-refractivity contribution is -0.121. The van der Waals surface area contributed by atoms with Crippen LogP contribution < -0.4 is 10.1 Å². The highest BCUT2D eigenvalue weighted by molar-refractivity contribution is 5.86. The first-order chi connectivity index (χ1) is 12.8. The Kier molecular flexibility index (Phi) is 3.70. The van der Waals surface area contributed by atoms with Crippen LogP contribution >= 0.6 is 0 Å². The summed E-state index contributed by atoms with van der Waals surface area (Å²) in [5.74, 6) is 1.00. The van der Waals surface area contributed by atoms with E-state index in [0.29, 0.717) is 6.42 Å². The average Bonchev–Trinajstić information content (AvgIpc) is 3.26. The van der Waals surface area contributed by atoms with Crippen LogP contribution in [0.4, 0.5) is 0 Å². The molecule has 5 rings (SSSR count). The highest BCUT2D eigenvalue weighted by Crippen LogP contribution is 2.34. The number of H-pyrrole nitrogens is 1. The zero-order valence-corrected chi connectivity index (χ0v) is 14.7. The number of fused-ring (bicyclic) bond motifs is 4. The first-order valence-electron chi connectivity index (χ1n) is 9.41. The van der Waals surface area contributed by atoms with E-state index in [4.69, 9.17) is 4.74 Å². The van der Waals surface area contributed by atoms with Gasteiger partial charge >= 0.3 is 0 Å². The van der Waals surface area contributed by atoms with Crippen molar-refractivity contribution in [1.82, 2.24) is 10.3 Å². The SMILES string of the molecule is O=C(Cc1ccc2c(c1)OCC2)N[C@@H]1CCCc2c1[nH]c1ccccc21. The third-order valence-electron chi connectivity index (χ3n) is 5.58. The maximum atomic E-state index is 12.6. The summed E-state index contributed by atoms with van der Waals surface area (Å²) in [7, 11) is 0. The number of aromatic amines is 1. The lowest BCUT2D eigenvalue weighted by atomic mass is 9.91. The standard InChI is InChI=1S/C22H22N2O2/c25-21(13-14-8-9-15-10-11-26-20(15)12-14)23-19-7-3-5-17-16-4-1-2-6-18(16)24-22(17)19/h1-2,4,6,8-9,12,19,24H,3,5,7,10-11,13H2,(H,23,25)/t19-/m1/s1. The predicted octanol–water partition coefficient (Wildman–Crippen LogP) is 3.84. The Bertz CT molecular complexity index is 989. The Balaban J connectivity index is 1.35. The first-order valence-corrected chi connectivity index (χ1v) is 9.41. The van der Waals surface area contributed by atoms with E-state index in [9.17, 15) is 4.79 Å². The molecule has 1 amide bonds. The van der Waals surface area contributed by atoms with Gasteiger partial charge in [-0.25, -0.2) is 0 Å². The Morgan fingerprint density at radius 1 is 1.19 bits per heavy atom. The molecule has 132 valence electrons. The number of benzene rings is 2. The molecule has 0 bridgehead atoms. The molecule has 3 aromatic rings. The van der Waals surface area contributed by atoms with Gasteiger partial charge in [0.25, 0.3) is 0 Å². The first kappa shape index (κ1) is 15.5. The van der Waals surface area contributed by atoms with E-state index in [1.165, 1.54) is 22.2 Å². The van der Waals surface area contributed by atoms with Crippen molar-refractivity contribution >= 4 is 16.8 Å². The topological polar surface area (TPSA) is 54.1 Å². The van der Waals surface area contributed by atoms with Crippen molar-refractivity contribution in [2.75, 3.05) is 6.61 Å². The largest absolute Gasteiger partial charge is 0.493 e. The van der Waals surface area contributed by atoms with E-state index in [-0.39, 0.29) is 11.9 Å². The van der Waals surface area contributed by atoms with Gasteiger partial charge in [-0.1, -0.05) is 30.3 Å². The van der Waals surface area contributed by atoms with Crippen LogP contribution in [0.2, 0.25) is 0 Å². The number of carbonyl (C=O) groups excluding carboxylic acids is 1. The summed E-state index contributed by atoms with van der Waals surface area (Å²) in [6.07, 6.45) is 4.52. The van der Waals surface area contributed by atoms with Gasteiger partial charge < -0.3 is 15.0 Å². The molecular formula is C22H22N2O2. The monoisotopic (exact) mass is 346 g/mol. The number of hydrogen-bond donors (Lipinski definition) is 2. The molecule has 4 nitrogen and oxygen atoms in total. The van der Waals surface area contributed by atoms with Crippen LogP contribution in [0, 0.1) is 0 Å². The number of ether oxygens (including phenoxy) is 1. The van der Waals surface area contributed by atoms with Gasteiger partial charge in [-0.05, 0) is 48.1 Å². The van der Waals surface area contributed by atoms with Crippen LogP contribution in [-0.2, 0) is 24.1 Å². The molecule has 1 aliphatic carbocycles. The molecule has 2 heterocycles. The van der Waals surface area contributed by atoms with Crippen LogP contribution in [0.1, 0.15) is 41.3 Å². The molecule has 4 heteroatoms. The third-order valence-corrected chi connectivity index (χ3v) is 5.58. The summed E-state index contributed by atoms with van der Waals surface area (Å²) < 4.78 is 5.61. The number of hydrogen-bond acceptors (Lipinski definition) is 2. The molecular weight excluding hydrogens is 324 g/mol. The molecule has 0 fully saturated rings. The van der Waals surface area contributed by atoms with E-state index in [2.05, 4.69) is 34.6 Å². The maximum Gasteiger partial charge on any atom is 0.224 e. The van der Waals surface area contributed by atoms with Crippen LogP contribution in [-0.4, -0.2) is 17.5 Å². The van der Waals surface area contributed by atoms with Crippen molar-refractivity contribution in [3.63, 3.8) is 0 Å². The lowest BCUT2D eigenvalue weighted by Gasteiger charge is -2.24. The molecule has 0 saturated heterocycles. The second kappa shape index (κ2) is 6.20. The summed E-state index contributed by atoms with van der Waals surface area (Å²) in [6.45, 7) is 0.746. The van der Waals surface area contributed by atoms with Crippen molar-refractivity contribution in [3.8, 4) is 5.75 Å². The number of para-hydroxylation sites is 1. The molecule has 0 spiro atoms. The minimum absolute atomic E-state index is 0.0689. The Labute approximate surface area is 152 Å². The molecule has 2 N–H and O–H groups in total. The van der Waals surface area contributed by atoms with Crippen LogP contribution in [0.15, 0.2) is 42.5 Å². The molecule has 0 radical (unpaired) electrons. The van der Waals surface area contributed by atoms with E-state index in [1.54, 1.807) is 0 Å². The summed E-state index contributed by atoms with van der Waals surface area (Å²) in [5.41, 5.74) is 5.96. The van der Waals surface area contributed by atoms with E-state index in [0.717, 1.165) is 49.1 Å². The van der Waals surface area contributed by atoms with Crippen LogP contribution in [0.3, 0.4) is 0 Å². The molecule has 26 heavy (non-hydrogen) atoms. The van der Waals surface area contributed by atoms with Crippen molar-refractivity contribution < 1.29 is 9.53 Å². The quantitative estimate of drug-likeness (QED) is 0.757. The third kappa shape index (κ3) is 2.66. The lowest BCUT2D eigenvalue weighted by Crippen LogP contribution is -2.32. The van der Waals surface area contributed by atoms with E-state index in [1.807, 2.05) is 18.2 Å². The minimum atomic E-state index is 0.0689. The predicted molar refractivity (Wildman–Crippen MR) is 101 cm³/mol. The number of carbonyl (C=O) groups is 1. The number of aryl methyl sites for hydroxylation is 1. The van der Waals surface area contributed by atoms with Crippen molar-refractivity contribution in [1.29, 1.82) is 0 Å². The van der Waals surface area contributed by atoms with Gasteiger partial charge in [-0.3, -0.25) is 4.79 Å². The molecule has 0 unspecified atom stereocenters. The Morgan fingerprint density at radius 2 is 2.12 bits per heavy atom. The second-order valence-electron chi connectivity index (χ2n) is 7.29. The summed E-state index contributed by atoms with van der Waals surface area (Å²) in [4.78, 5) is 16.2. The van der Waals surface area contributed by atoms with Crippen molar-refractivity contribution in [3.05, 3.63) is 64.8 Å². The average molecular weight is 346 g/mol. The van der Waals surface area contributed by atoms with Crippen molar-refractivity contribution in [2.45, 2.75) is 38.1 Å². The normalized spacial score (nSPS) is 18.2. The fourth-order valence-corrected chi connectivity index (χ4v) is 4.31. The van der Waals surface area contributed by atoms with Gasteiger partial charge in [0.05, 0.1) is 19.1 Å². The summed E-state index contributed by atoms with van der Waals surface area (Å²) in [6, 6.07) is 14.6. The van der Waals surface area contributed by atoms with Gasteiger partial charge in [0.1, 0.15) is 5.75 Å². The minimum Gasteiger partial charge on any atom is -0.493 e. The van der Waals surface area contributed by atoms with Gasteiger partial charge in [-0.2, -0.15) is 0 Å². The van der Waals surface area contributed by atoms with E-state index >= 15 is 0 Å². The summed E-state index contributed by atoms with van der Waals surface area (Å²) >= 11 is 0. The highest BCUT2D eigenvalue weighted by atomic mass is 16.5. The fraction of sp³-hybridized carbons (Fsp3) is 0.318. The van der Waals surface area contributed by atoms with E-state index < -0.39 is 0 Å². The molecule has 2 aromatic carbocycles. The van der Waals surface area contributed by atoms with Crippen LogP contribution in [0.5, 0.6) is 5.75 Å². The number of rotatable bonds is 3. The van der Waals surface area contributed by atoms with Gasteiger partial charge in [0, 0.05) is 23.0 Å². The van der Waals surface area contributed by atoms with Gasteiger partial charge in [0.2, 0.25) is 5.91 Å². The Morgan fingerprint density at radius 3 is 3.08 bits per heavy atom. The number of amides is 1. The number of aromatic nitrogens is 1. The molecule has 1 aromatic heterocycles. The zero-order chi connectivity index (χ0) is 17.5. The fourth-order valence-electron chi connectivity index (χ4n) is 4.31. The molecule has 1 atom stereocenters.